The van der Waals surface area contributed by atoms with Crippen molar-refractivity contribution in [3.05, 3.63) is 0 Å². The Kier molecular flexibility index (Phi) is 5.45. The SMILES string of the molecule is COC(=O)CN(C(=O)CC(C)C)C1CCCC1. The lowest BCUT2D eigenvalue weighted by Gasteiger charge is -2.28. The van der Waals surface area contributed by atoms with Gasteiger partial charge < -0.3 is 9.64 Å². The first-order chi connectivity index (χ1) is 8.04. The quantitative estimate of drug-likeness (QED) is 0.691. The van der Waals surface area contributed by atoms with Crippen LogP contribution in [0.5, 0.6) is 0 Å². The number of hydrogen-bond acceptors (Lipinski definition) is 3. The maximum Gasteiger partial charge on any atom is 0.325 e. The van der Waals surface area contributed by atoms with Gasteiger partial charge in [-0.05, 0) is 18.8 Å². The van der Waals surface area contributed by atoms with E-state index in [9.17, 15) is 9.59 Å². The average molecular weight is 241 g/mol. The number of amides is 1. The van der Waals surface area contributed by atoms with Crippen LogP contribution in [0.3, 0.4) is 0 Å². The highest BCUT2D eigenvalue weighted by molar-refractivity contribution is 5.82. The minimum atomic E-state index is -0.325. The summed E-state index contributed by atoms with van der Waals surface area (Å²) in [5, 5.41) is 0. The van der Waals surface area contributed by atoms with E-state index in [4.69, 9.17) is 0 Å². The van der Waals surface area contributed by atoms with Crippen molar-refractivity contribution in [2.75, 3.05) is 13.7 Å². The molecule has 0 saturated heterocycles. The Labute approximate surface area is 103 Å². The van der Waals surface area contributed by atoms with Gasteiger partial charge in [-0.3, -0.25) is 9.59 Å². The Morgan fingerprint density at radius 3 is 2.35 bits per heavy atom. The van der Waals surface area contributed by atoms with Crippen molar-refractivity contribution in [1.82, 2.24) is 4.90 Å². The number of hydrogen-bond donors (Lipinski definition) is 0. The summed E-state index contributed by atoms with van der Waals surface area (Å²) in [6, 6.07) is 0.236. The molecule has 0 aromatic heterocycles. The van der Waals surface area contributed by atoms with Crippen molar-refractivity contribution in [2.45, 2.75) is 52.0 Å². The molecule has 1 saturated carbocycles. The normalized spacial score (nSPS) is 16.2. The predicted octanol–water partition coefficient (Wildman–Crippen LogP) is 1.98. The molecule has 0 aromatic rings. The molecule has 1 rings (SSSR count). The summed E-state index contributed by atoms with van der Waals surface area (Å²) in [6.07, 6.45) is 4.84. The number of rotatable bonds is 5. The van der Waals surface area contributed by atoms with Gasteiger partial charge in [0.1, 0.15) is 6.54 Å². The lowest BCUT2D eigenvalue weighted by Crippen LogP contribution is -2.43. The van der Waals surface area contributed by atoms with Crippen molar-refractivity contribution in [3.63, 3.8) is 0 Å². The van der Waals surface area contributed by atoms with Crippen LogP contribution in [0.2, 0.25) is 0 Å². The van der Waals surface area contributed by atoms with Crippen LogP contribution in [0.4, 0.5) is 0 Å². The molecule has 0 radical (unpaired) electrons. The molecule has 4 heteroatoms. The smallest absolute Gasteiger partial charge is 0.325 e. The monoisotopic (exact) mass is 241 g/mol. The second-order valence-corrected chi connectivity index (χ2v) is 5.13. The van der Waals surface area contributed by atoms with E-state index in [1.165, 1.54) is 7.11 Å². The molecule has 17 heavy (non-hydrogen) atoms. The van der Waals surface area contributed by atoms with Gasteiger partial charge in [-0.25, -0.2) is 0 Å². The first kappa shape index (κ1) is 14.0. The molecule has 4 nitrogen and oxygen atoms in total. The molecule has 0 atom stereocenters. The topological polar surface area (TPSA) is 46.6 Å². The molecule has 0 unspecified atom stereocenters. The maximum absolute atomic E-state index is 12.1. The highest BCUT2D eigenvalue weighted by Crippen LogP contribution is 2.24. The van der Waals surface area contributed by atoms with Gasteiger partial charge in [0.2, 0.25) is 5.91 Å². The standard InChI is InChI=1S/C13H23NO3/c1-10(2)8-12(15)14(9-13(16)17-3)11-6-4-5-7-11/h10-11H,4-9H2,1-3H3. The number of nitrogens with zero attached hydrogens (tertiary/aromatic N) is 1. The summed E-state index contributed by atoms with van der Waals surface area (Å²) in [7, 11) is 1.36. The van der Waals surface area contributed by atoms with E-state index in [2.05, 4.69) is 4.74 Å². The van der Waals surface area contributed by atoms with Crippen molar-refractivity contribution >= 4 is 11.9 Å². The van der Waals surface area contributed by atoms with Crippen LogP contribution in [0.1, 0.15) is 46.0 Å². The first-order valence-electron chi connectivity index (χ1n) is 6.41. The van der Waals surface area contributed by atoms with Crippen molar-refractivity contribution in [2.24, 2.45) is 5.92 Å². The van der Waals surface area contributed by atoms with Crippen LogP contribution in [0.25, 0.3) is 0 Å². The van der Waals surface area contributed by atoms with Crippen LogP contribution in [0.15, 0.2) is 0 Å². The lowest BCUT2D eigenvalue weighted by molar-refractivity contribution is -0.148. The van der Waals surface area contributed by atoms with Crippen LogP contribution in [-0.4, -0.2) is 36.5 Å². The summed E-state index contributed by atoms with van der Waals surface area (Å²) in [5.41, 5.74) is 0. The van der Waals surface area contributed by atoms with E-state index in [1.807, 2.05) is 13.8 Å². The number of ether oxygens (including phenoxy) is 1. The largest absolute Gasteiger partial charge is 0.468 e. The number of carbonyl (C=O) groups is 2. The van der Waals surface area contributed by atoms with Gasteiger partial charge >= 0.3 is 5.97 Å². The number of esters is 1. The second kappa shape index (κ2) is 6.62. The van der Waals surface area contributed by atoms with Crippen LogP contribution >= 0.6 is 0 Å². The fourth-order valence-electron chi connectivity index (χ4n) is 2.31. The van der Waals surface area contributed by atoms with Gasteiger partial charge in [-0.15, -0.1) is 0 Å². The Morgan fingerprint density at radius 2 is 1.88 bits per heavy atom. The molecule has 0 heterocycles. The molecule has 0 aliphatic heterocycles. The molecule has 0 aromatic carbocycles. The fourth-order valence-corrected chi connectivity index (χ4v) is 2.31. The van der Waals surface area contributed by atoms with E-state index in [0.29, 0.717) is 12.3 Å². The molecule has 1 aliphatic carbocycles. The Hall–Kier alpha value is -1.06. The van der Waals surface area contributed by atoms with Gasteiger partial charge in [0.15, 0.2) is 0 Å². The van der Waals surface area contributed by atoms with E-state index in [1.54, 1.807) is 4.90 Å². The summed E-state index contributed by atoms with van der Waals surface area (Å²) >= 11 is 0. The van der Waals surface area contributed by atoms with Gasteiger partial charge in [0.25, 0.3) is 0 Å². The third-order valence-electron chi connectivity index (χ3n) is 3.20. The number of methoxy groups -OCH3 is 1. The van der Waals surface area contributed by atoms with E-state index in [-0.39, 0.29) is 24.5 Å². The zero-order chi connectivity index (χ0) is 12.8. The summed E-state index contributed by atoms with van der Waals surface area (Å²) in [5.74, 6) is 0.0790. The Balaban J connectivity index is 2.63. The van der Waals surface area contributed by atoms with Crippen LogP contribution in [-0.2, 0) is 14.3 Å². The molecule has 1 aliphatic rings. The molecule has 0 N–H and O–H groups in total. The third kappa shape index (κ3) is 4.36. The minimum absolute atomic E-state index is 0.0808. The van der Waals surface area contributed by atoms with Crippen LogP contribution in [0, 0.1) is 5.92 Å². The molecule has 0 bridgehead atoms. The molecule has 1 amide bonds. The molecule has 0 spiro atoms. The second-order valence-electron chi connectivity index (χ2n) is 5.13. The van der Waals surface area contributed by atoms with E-state index >= 15 is 0 Å². The molecule has 1 fully saturated rings. The van der Waals surface area contributed by atoms with Crippen LogP contribution < -0.4 is 0 Å². The zero-order valence-corrected chi connectivity index (χ0v) is 11.1. The van der Waals surface area contributed by atoms with Crippen molar-refractivity contribution in [3.8, 4) is 0 Å². The van der Waals surface area contributed by atoms with Gasteiger partial charge in [0.05, 0.1) is 7.11 Å². The predicted molar refractivity (Wildman–Crippen MR) is 65.4 cm³/mol. The van der Waals surface area contributed by atoms with E-state index < -0.39 is 0 Å². The van der Waals surface area contributed by atoms with Crippen molar-refractivity contribution in [1.29, 1.82) is 0 Å². The van der Waals surface area contributed by atoms with Gasteiger partial charge in [-0.2, -0.15) is 0 Å². The maximum atomic E-state index is 12.1. The fraction of sp³-hybridized carbons (Fsp3) is 0.846. The molecular weight excluding hydrogens is 218 g/mol. The number of carbonyl (C=O) groups excluding carboxylic acids is 2. The molecule has 98 valence electrons. The highest BCUT2D eigenvalue weighted by atomic mass is 16.5. The first-order valence-corrected chi connectivity index (χ1v) is 6.41. The van der Waals surface area contributed by atoms with Crippen molar-refractivity contribution < 1.29 is 14.3 Å². The minimum Gasteiger partial charge on any atom is -0.468 e. The summed E-state index contributed by atoms with van der Waals surface area (Å²) in [6.45, 7) is 4.14. The Bertz CT molecular complexity index is 270. The lowest BCUT2D eigenvalue weighted by atomic mass is 10.1. The summed E-state index contributed by atoms with van der Waals surface area (Å²) in [4.78, 5) is 25.2. The summed E-state index contributed by atoms with van der Waals surface area (Å²) < 4.78 is 4.66. The Morgan fingerprint density at radius 1 is 1.29 bits per heavy atom. The highest BCUT2D eigenvalue weighted by Gasteiger charge is 2.28. The third-order valence-corrected chi connectivity index (χ3v) is 3.20. The van der Waals surface area contributed by atoms with E-state index in [0.717, 1.165) is 25.7 Å². The zero-order valence-electron chi connectivity index (χ0n) is 11.1. The van der Waals surface area contributed by atoms with Gasteiger partial charge in [0, 0.05) is 12.5 Å². The van der Waals surface area contributed by atoms with Gasteiger partial charge in [-0.1, -0.05) is 26.7 Å². The average Bonchev–Trinajstić information content (AvgIpc) is 2.77. The molecular formula is C13H23NO3.